The number of likely N-dealkylation sites (tertiary alicyclic amines) is 1. The largest absolute Gasteiger partial charge is 0.323 e. The van der Waals surface area contributed by atoms with Crippen LogP contribution in [0.25, 0.3) is 0 Å². The molecule has 3 rings (SSSR count). The highest BCUT2D eigenvalue weighted by Crippen LogP contribution is 2.30. The number of hydrogen-bond acceptors (Lipinski definition) is 6. The van der Waals surface area contributed by atoms with Crippen LogP contribution in [0.4, 0.5) is 4.79 Å². The van der Waals surface area contributed by atoms with E-state index in [4.69, 9.17) is 0 Å². The summed E-state index contributed by atoms with van der Waals surface area (Å²) in [7, 11) is 0. The number of hydrogen-bond donors (Lipinski definition) is 2. The number of aromatic nitrogens is 4. The second-order valence-corrected chi connectivity index (χ2v) is 6.86. The highest BCUT2D eigenvalue weighted by atomic mass is 16.2. The van der Waals surface area contributed by atoms with Gasteiger partial charge in [-0.3, -0.25) is 15.0 Å². The summed E-state index contributed by atoms with van der Waals surface area (Å²) in [5.74, 6) is 0.707. The number of nitrogens with zero attached hydrogens (tertiary/aromatic N) is 5. The van der Waals surface area contributed by atoms with Gasteiger partial charge in [-0.25, -0.2) is 9.48 Å². The SMILES string of the molecule is CCCCn1nnnc1CN1CCC[C@@H]([C@@]2(C)NC(=O)NC2=O)C1. The average Bonchev–Trinajstić information content (AvgIpc) is 3.10. The summed E-state index contributed by atoms with van der Waals surface area (Å²) < 4.78 is 1.86. The summed E-state index contributed by atoms with van der Waals surface area (Å²) in [6.07, 6.45) is 4.05. The van der Waals surface area contributed by atoms with Gasteiger partial charge in [0.15, 0.2) is 5.82 Å². The Labute approximate surface area is 141 Å². The van der Waals surface area contributed by atoms with Gasteiger partial charge in [0.2, 0.25) is 0 Å². The van der Waals surface area contributed by atoms with Crippen LogP contribution in [-0.2, 0) is 17.9 Å². The van der Waals surface area contributed by atoms with E-state index in [2.05, 4.69) is 38.0 Å². The van der Waals surface area contributed by atoms with E-state index in [-0.39, 0.29) is 11.8 Å². The predicted molar refractivity (Wildman–Crippen MR) is 85.8 cm³/mol. The van der Waals surface area contributed by atoms with Gasteiger partial charge in [-0.2, -0.15) is 0 Å². The Morgan fingerprint density at radius 2 is 2.21 bits per heavy atom. The maximum absolute atomic E-state index is 12.2. The predicted octanol–water partition coefficient (Wildman–Crippen LogP) is 0.283. The van der Waals surface area contributed by atoms with Crippen LogP contribution >= 0.6 is 0 Å². The lowest BCUT2D eigenvalue weighted by Crippen LogP contribution is -2.55. The van der Waals surface area contributed by atoms with Gasteiger partial charge < -0.3 is 5.32 Å². The molecule has 0 saturated carbocycles. The number of piperidine rings is 1. The highest BCUT2D eigenvalue weighted by Gasteiger charge is 2.48. The third kappa shape index (κ3) is 3.26. The van der Waals surface area contributed by atoms with Crippen LogP contribution in [0.3, 0.4) is 0 Å². The normalized spacial score (nSPS) is 28.0. The minimum absolute atomic E-state index is 0.0812. The number of rotatable bonds is 6. The molecule has 0 aliphatic carbocycles. The van der Waals surface area contributed by atoms with Crippen molar-refractivity contribution in [2.75, 3.05) is 13.1 Å². The Morgan fingerprint density at radius 1 is 1.38 bits per heavy atom. The van der Waals surface area contributed by atoms with Gasteiger partial charge >= 0.3 is 6.03 Å². The molecule has 2 saturated heterocycles. The molecule has 3 amide bonds. The smallest absolute Gasteiger partial charge is 0.322 e. The summed E-state index contributed by atoms with van der Waals surface area (Å²) in [5, 5.41) is 17.1. The zero-order valence-electron chi connectivity index (χ0n) is 14.3. The molecule has 2 fully saturated rings. The molecule has 1 aromatic rings. The summed E-state index contributed by atoms with van der Waals surface area (Å²) in [6.45, 7) is 7.13. The number of carbonyl (C=O) groups is 2. The second-order valence-electron chi connectivity index (χ2n) is 6.86. The maximum atomic E-state index is 12.2. The van der Waals surface area contributed by atoms with Crippen LogP contribution in [0.2, 0.25) is 0 Å². The zero-order chi connectivity index (χ0) is 17.2. The van der Waals surface area contributed by atoms with Gasteiger partial charge in [0.25, 0.3) is 5.91 Å². The van der Waals surface area contributed by atoms with E-state index in [0.717, 1.165) is 51.1 Å². The number of tetrazole rings is 1. The lowest BCUT2D eigenvalue weighted by Gasteiger charge is -2.39. The van der Waals surface area contributed by atoms with Crippen molar-refractivity contribution >= 4 is 11.9 Å². The first-order valence-corrected chi connectivity index (χ1v) is 8.64. The van der Waals surface area contributed by atoms with E-state index < -0.39 is 11.6 Å². The van der Waals surface area contributed by atoms with Crippen molar-refractivity contribution < 1.29 is 9.59 Å². The minimum Gasteiger partial charge on any atom is -0.323 e. The molecule has 2 aliphatic rings. The maximum Gasteiger partial charge on any atom is 0.322 e. The number of unbranched alkanes of at least 4 members (excludes halogenated alkanes) is 1. The molecule has 0 spiro atoms. The molecule has 1 aromatic heterocycles. The molecule has 0 radical (unpaired) electrons. The van der Waals surface area contributed by atoms with E-state index in [1.165, 1.54) is 0 Å². The first-order valence-electron chi connectivity index (χ1n) is 8.64. The van der Waals surface area contributed by atoms with Crippen molar-refractivity contribution in [2.45, 2.75) is 58.2 Å². The Hall–Kier alpha value is -2.03. The summed E-state index contributed by atoms with van der Waals surface area (Å²) in [6, 6.07) is -0.400. The molecule has 0 aromatic carbocycles. The highest BCUT2D eigenvalue weighted by molar-refractivity contribution is 6.06. The van der Waals surface area contributed by atoms with Crippen LogP contribution in [-0.4, -0.2) is 55.7 Å². The van der Waals surface area contributed by atoms with Crippen molar-refractivity contribution in [3.05, 3.63) is 5.82 Å². The topological polar surface area (TPSA) is 105 Å². The molecule has 132 valence electrons. The Morgan fingerprint density at radius 3 is 2.92 bits per heavy atom. The third-order valence-corrected chi connectivity index (χ3v) is 5.09. The fourth-order valence-electron chi connectivity index (χ4n) is 3.53. The molecular weight excluding hydrogens is 310 g/mol. The Kier molecular flexibility index (Phi) is 4.79. The molecule has 3 heterocycles. The van der Waals surface area contributed by atoms with Crippen LogP contribution in [0.5, 0.6) is 0 Å². The molecule has 0 unspecified atom stereocenters. The summed E-state index contributed by atoms with van der Waals surface area (Å²) >= 11 is 0. The minimum atomic E-state index is -0.829. The van der Waals surface area contributed by atoms with Gasteiger partial charge in [0, 0.05) is 19.0 Å². The lowest BCUT2D eigenvalue weighted by molar-refractivity contribution is -0.126. The van der Waals surface area contributed by atoms with Gasteiger partial charge in [0.1, 0.15) is 5.54 Å². The third-order valence-electron chi connectivity index (χ3n) is 5.09. The van der Waals surface area contributed by atoms with Crippen molar-refractivity contribution in [1.82, 2.24) is 35.7 Å². The first kappa shape index (κ1) is 16.8. The first-order chi connectivity index (χ1) is 11.5. The fraction of sp³-hybridized carbons (Fsp3) is 0.800. The van der Waals surface area contributed by atoms with E-state index in [9.17, 15) is 9.59 Å². The number of amides is 3. The molecule has 0 bridgehead atoms. The van der Waals surface area contributed by atoms with Crippen LogP contribution in [0.1, 0.15) is 45.4 Å². The van der Waals surface area contributed by atoms with Gasteiger partial charge in [-0.15, -0.1) is 5.10 Å². The lowest BCUT2D eigenvalue weighted by atomic mass is 9.80. The molecule has 2 aliphatic heterocycles. The molecule has 2 N–H and O–H groups in total. The Balaban J connectivity index is 1.65. The number of aryl methyl sites for hydroxylation is 1. The summed E-state index contributed by atoms with van der Waals surface area (Å²) in [5.41, 5.74) is -0.829. The van der Waals surface area contributed by atoms with E-state index in [1.807, 2.05) is 11.6 Å². The molecule has 9 nitrogen and oxygen atoms in total. The van der Waals surface area contributed by atoms with Gasteiger partial charge in [0.05, 0.1) is 6.54 Å². The van der Waals surface area contributed by atoms with Crippen LogP contribution in [0, 0.1) is 5.92 Å². The van der Waals surface area contributed by atoms with Crippen LogP contribution in [0.15, 0.2) is 0 Å². The monoisotopic (exact) mass is 335 g/mol. The number of carbonyl (C=O) groups excluding carboxylic acids is 2. The number of nitrogens with one attached hydrogen (secondary N) is 2. The van der Waals surface area contributed by atoms with Gasteiger partial charge in [-0.05, 0) is 43.2 Å². The van der Waals surface area contributed by atoms with Crippen molar-refractivity contribution in [3.63, 3.8) is 0 Å². The second kappa shape index (κ2) is 6.84. The zero-order valence-corrected chi connectivity index (χ0v) is 14.3. The van der Waals surface area contributed by atoms with E-state index in [0.29, 0.717) is 6.54 Å². The number of imide groups is 1. The average molecular weight is 335 g/mol. The number of urea groups is 1. The van der Waals surface area contributed by atoms with Crippen molar-refractivity contribution in [2.24, 2.45) is 5.92 Å². The molecule has 9 heteroatoms. The van der Waals surface area contributed by atoms with E-state index in [1.54, 1.807) is 0 Å². The molecular formula is C15H25N7O2. The molecule has 24 heavy (non-hydrogen) atoms. The molecule has 2 atom stereocenters. The fourth-order valence-corrected chi connectivity index (χ4v) is 3.53. The standard InChI is InChI=1S/C15H25N7O2/c1-3-4-8-22-12(18-19-20-22)10-21-7-5-6-11(9-21)15(2)13(23)16-14(24)17-15/h11H,3-10H2,1-2H3,(H2,16,17,23,24)/t11-,15-/m1/s1. The van der Waals surface area contributed by atoms with Gasteiger partial charge in [-0.1, -0.05) is 13.3 Å². The summed E-state index contributed by atoms with van der Waals surface area (Å²) in [4.78, 5) is 25.9. The quantitative estimate of drug-likeness (QED) is 0.724. The van der Waals surface area contributed by atoms with E-state index >= 15 is 0 Å². The Bertz CT molecular complexity index is 617. The van der Waals surface area contributed by atoms with Crippen LogP contribution < -0.4 is 10.6 Å². The van der Waals surface area contributed by atoms with Crippen molar-refractivity contribution in [3.8, 4) is 0 Å². The van der Waals surface area contributed by atoms with Crippen molar-refractivity contribution in [1.29, 1.82) is 0 Å².